The molecule has 72 valence electrons. The van der Waals surface area contributed by atoms with Gasteiger partial charge in [-0.3, -0.25) is 5.84 Å². The lowest BCUT2D eigenvalue weighted by molar-refractivity contribution is 0.590. The van der Waals surface area contributed by atoms with Crippen molar-refractivity contribution >= 4 is 28.3 Å². The van der Waals surface area contributed by atoms with Crippen LogP contribution in [0.5, 0.6) is 0 Å². The summed E-state index contributed by atoms with van der Waals surface area (Å²) in [6.07, 6.45) is 0. The van der Waals surface area contributed by atoms with Gasteiger partial charge >= 0.3 is 0 Å². The van der Waals surface area contributed by atoms with Crippen LogP contribution in [0.15, 0.2) is 18.2 Å². The Bertz CT molecular complexity index is 302. The zero-order valence-corrected chi connectivity index (χ0v) is 10.3. The largest absolute Gasteiger partial charge is 0.323 e. The minimum absolute atomic E-state index is 0.201. The zero-order valence-electron chi connectivity index (χ0n) is 8.19. The number of hydrogen-bond acceptors (Lipinski definition) is 2. The molecule has 0 aliphatic carbocycles. The number of nitrogen functional groups attached to an aromatic ring is 1. The molecule has 13 heavy (non-hydrogen) atoms. The van der Waals surface area contributed by atoms with Gasteiger partial charge in [-0.15, -0.1) is 0 Å². The van der Waals surface area contributed by atoms with Crippen LogP contribution in [-0.2, 0) is 5.41 Å². The van der Waals surface area contributed by atoms with E-state index in [2.05, 4.69) is 60.9 Å². The molecule has 0 amide bonds. The summed E-state index contributed by atoms with van der Waals surface area (Å²) in [6.45, 7) is 6.61. The second-order valence-corrected chi connectivity index (χ2v) is 5.25. The van der Waals surface area contributed by atoms with E-state index in [1.54, 1.807) is 0 Å². The van der Waals surface area contributed by atoms with Crippen molar-refractivity contribution in [1.29, 1.82) is 0 Å². The molecule has 3 N–H and O–H groups in total. The van der Waals surface area contributed by atoms with Crippen molar-refractivity contribution in [2.75, 3.05) is 5.43 Å². The minimum Gasteiger partial charge on any atom is -0.323 e. The third-order valence-corrected chi connectivity index (χ3v) is 2.88. The minimum atomic E-state index is 0.201. The Labute approximate surface area is 93.0 Å². The van der Waals surface area contributed by atoms with E-state index in [0.717, 1.165) is 9.26 Å². The predicted molar refractivity (Wildman–Crippen MR) is 65.7 cm³/mol. The molecular formula is C10H15IN2. The SMILES string of the molecule is CC(C)(C)c1ccc(NN)c(I)c1. The van der Waals surface area contributed by atoms with Crippen molar-refractivity contribution in [1.82, 2.24) is 0 Å². The van der Waals surface area contributed by atoms with E-state index in [1.807, 2.05) is 6.07 Å². The van der Waals surface area contributed by atoms with Gasteiger partial charge in [-0.2, -0.15) is 0 Å². The highest BCUT2D eigenvalue weighted by Gasteiger charge is 2.14. The van der Waals surface area contributed by atoms with Crippen LogP contribution >= 0.6 is 22.6 Å². The third kappa shape index (κ3) is 2.57. The standard InChI is InChI=1S/C10H15IN2/c1-10(2,3)7-4-5-9(13-12)8(11)6-7/h4-6,13H,12H2,1-3H3. The number of nitrogens with one attached hydrogen (secondary N) is 1. The number of benzene rings is 1. The molecule has 0 saturated carbocycles. The fraction of sp³-hybridized carbons (Fsp3) is 0.400. The van der Waals surface area contributed by atoms with Crippen LogP contribution < -0.4 is 11.3 Å². The molecule has 1 rings (SSSR count). The van der Waals surface area contributed by atoms with Gasteiger partial charge in [-0.25, -0.2) is 0 Å². The van der Waals surface area contributed by atoms with Crippen molar-refractivity contribution in [2.45, 2.75) is 26.2 Å². The molecule has 0 atom stereocenters. The summed E-state index contributed by atoms with van der Waals surface area (Å²) in [5.74, 6) is 5.35. The molecule has 3 heteroatoms. The number of nitrogens with two attached hydrogens (primary N) is 1. The normalized spacial score (nSPS) is 11.5. The van der Waals surface area contributed by atoms with E-state index in [1.165, 1.54) is 5.56 Å². The van der Waals surface area contributed by atoms with Crippen molar-refractivity contribution in [2.24, 2.45) is 5.84 Å². The van der Waals surface area contributed by atoms with Crippen LogP contribution in [0.25, 0.3) is 0 Å². The summed E-state index contributed by atoms with van der Waals surface area (Å²) in [5, 5.41) is 0. The maximum atomic E-state index is 5.35. The fourth-order valence-electron chi connectivity index (χ4n) is 1.10. The average molecular weight is 290 g/mol. The molecule has 0 aromatic heterocycles. The number of halogens is 1. The predicted octanol–water partition coefficient (Wildman–Crippen LogP) is 2.87. The van der Waals surface area contributed by atoms with Crippen LogP contribution in [0.3, 0.4) is 0 Å². The first kappa shape index (κ1) is 10.8. The van der Waals surface area contributed by atoms with E-state index < -0.39 is 0 Å². The Kier molecular flexibility index (Phi) is 3.18. The first-order chi connectivity index (χ1) is 5.95. The Morgan fingerprint density at radius 1 is 1.31 bits per heavy atom. The van der Waals surface area contributed by atoms with E-state index >= 15 is 0 Å². The highest BCUT2D eigenvalue weighted by molar-refractivity contribution is 14.1. The molecule has 0 radical (unpaired) electrons. The third-order valence-electron chi connectivity index (χ3n) is 1.99. The molecule has 0 bridgehead atoms. The quantitative estimate of drug-likeness (QED) is 0.474. The first-order valence-electron chi connectivity index (χ1n) is 4.22. The molecule has 0 fully saturated rings. The van der Waals surface area contributed by atoms with Crippen LogP contribution in [0.1, 0.15) is 26.3 Å². The Morgan fingerprint density at radius 2 is 1.92 bits per heavy atom. The van der Waals surface area contributed by atoms with Crippen molar-refractivity contribution < 1.29 is 0 Å². The second-order valence-electron chi connectivity index (χ2n) is 4.09. The summed E-state index contributed by atoms with van der Waals surface area (Å²) in [7, 11) is 0. The Hall–Kier alpha value is -0.290. The van der Waals surface area contributed by atoms with Gasteiger partial charge in [0.25, 0.3) is 0 Å². The van der Waals surface area contributed by atoms with Crippen LogP contribution in [0, 0.1) is 3.57 Å². The van der Waals surface area contributed by atoms with Gasteiger partial charge in [-0.05, 0) is 45.7 Å². The molecule has 1 aromatic rings. The summed E-state index contributed by atoms with van der Waals surface area (Å²) < 4.78 is 1.16. The van der Waals surface area contributed by atoms with Crippen molar-refractivity contribution in [3.63, 3.8) is 0 Å². The lowest BCUT2D eigenvalue weighted by atomic mass is 9.87. The van der Waals surface area contributed by atoms with Gasteiger partial charge in [0.15, 0.2) is 0 Å². The summed E-state index contributed by atoms with van der Waals surface area (Å²) in [6, 6.07) is 6.29. The Morgan fingerprint density at radius 3 is 2.31 bits per heavy atom. The fourth-order valence-corrected chi connectivity index (χ4v) is 1.77. The highest BCUT2D eigenvalue weighted by atomic mass is 127. The van der Waals surface area contributed by atoms with Gasteiger partial charge < -0.3 is 5.43 Å². The molecule has 0 aliphatic heterocycles. The maximum Gasteiger partial charge on any atom is 0.0618 e. The van der Waals surface area contributed by atoms with Gasteiger partial charge in [0.2, 0.25) is 0 Å². The van der Waals surface area contributed by atoms with E-state index in [9.17, 15) is 0 Å². The molecular weight excluding hydrogens is 275 g/mol. The number of hydrogen-bond donors (Lipinski definition) is 2. The first-order valence-corrected chi connectivity index (χ1v) is 5.29. The van der Waals surface area contributed by atoms with Crippen LogP contribution in [0.4, 0.5) is 5.69 Å². The van der Waals surface area contributed by atoms with Crippen LogP contribution in [-0.4, -0.2) is 0 Å². The smallest absolute Gasteiger partial charge is 0.0618 e. The second kappa shape index (κ2) is 3.84. The lowest BCUT2D eigenvalue weighted by Gasteiger charge is -2.20. The topological polar surface area (TPSA) is 38.0 Å². The van der Waals surface area contributed by atoms with Gasteiger partial charge in [-0.1, -0.05) is 26.8 Å². The molecule has 0 spiro atoms. The van der Waals surface area contributed by atoms with E-state index in [4.69, 9.17) is 5.84 Å². The van der Waals surface area contributed by atoms with E-state index in [0.29, 0.717) is 0 Å². The molecule has 2 nitrogen and oxygen atoms in total. The molecule has 1 aromatic carbocycles. The Balaban J connectivity index is 3.10. The number of hydrazine groups is 1. The molecule has 0 saturated heterocycles. The van der Waals surface area contributed by atoms with Gasteiger partial charge in [0, 0.05) is 3.57 Å². The zero-order chi connectivity index (χ0) is 10.1. The maximum absolute atomic E-state index is 5.35. The number of anilines is 1. The molecule has 0 heterocycles. The lowest BCUT2D eigenvalue weighted by Crippen LogP contribution is -2.13. The molecule has 0 aliphatic rings. The summed E-state index contributed by atoms with van der Waals surface area (Å²) >= 11 is 2.28. The van der Waals surface area contributed by atoms with Crippen molar-refractivity contribution in [3.8, 4) is 0 Å². The average Bonchev–Trinajstić information content (AvgIpc) is 2.02. The van der Waals surface area contributed by atoms with E-state index in [-0.39, 0.29) is 5.41 Å². The number of rotatable bonds is 1. The summed E-state index contributed by atoms with van der Waals surface area (Å²) in [5.41, 5.74) is 5.18. The van der Waals surface area contributed by atoms with Gasteiger partial charge in [0.1, 0.15) is 0 Å². The van der Waals surface area contributed by atoms with Crippen molar-refractivity contribution in [3.05, 3.63) is 27.3 Å². The monoisotopic (exact) mass is 290 g/mol. The van der Waals surface area contributed by atoms with Gasteiger partial charge in [0.05, 0.1) is 5.69 Å². The van der Waals surface area contributed by atoms with Crippen LogP contribution in [0.2, 0.25) is 0 Å². The highest BCUT2D eigenvalue weighted by Crippen LogP contribution is 2.27. The summed E-state index contributed by atoms with van der Waals surface area (Å²) in [4.78, 5) is 0. The molecule has 0 unspecified atom stereocenters.